The lowest BCUT2D eigenvalue weighted by Gasteiger charge is -2.01. The number of hydrogen-bond acceptors (Lipinski definition) is 4. The summed E-state index contributed by atoms with van der Waals surface area (Å²) in [6.45, 7) is 4.45. The number of hydrogen-bond donors (Lipinski definition) is 0. The zero-order valence-corrected chi connectivity index (χ0v) is 12.2. The van der Waals surface area contributed by atoms with E-state index in [1.165, 1.54) is 11.3 Å². The van der Waals surface area contributed by atoms with Gasteiger partial charge in [0.05, 0.1) is 11.8 Å². The Labute approximate surface area is 118 Å². The largest absolute Gasteiger partial charge is 0.297 e. The molecule has 0 fully saturated rings. The van der Waals surface area contributed by atoms with Crippen LogP contribution in [0.3, 0.4) is 0 Å². The number of alkyl halides is 1. The Bertz CT molecular complexity index is 837. The summed E-state index contributed by atoms with van der Waals surface area (Å²) in [6, 6.07) is 2.01. The smallest absolute Gasteiger partial charge is 0.271 e. The van der Waals surface area contributed by atoms with Crippen molar-refractivity contribution in [3.63, 3.8) is 0 Å². The fourth-order valence-electron chi connectivity index (χ4n) is 2.25. The maximum absolute atomic E-state index is 12.3. The molecule has 0 atom stereocenters. The van der Waals surface area contributed by atoms with Crippen LogP contribution in [-0.2, 0) is 6.54 Å². The molecule has 3 aromatic heterocycles. The molecule has 0 radical (unpaired) electrons. The van der Waals surface area contributed by atoms with Crippen molar-refractivity contribution in [3.8, 4) is 0 Å². The molecule has 3 rings (SSSR count). The molecule has 0 aliphatic heterocycles. The van der Waals surface area contributed by atoms with Gasteiger partial charge in [0.25, 0.3) is 5.56 Å². The minimum atomic E-state index is -0.0364. The van der Waals surface area contributed by atoms with E-state index < -0.39 is 0 Å². The summed E-state index contributed by atoms with van der Waals surface area (Å²) in [5.41, 5.74) is 2.78. The summed E-state index contributed by atoms with van der Waals surface area (Å²) in [7, 11) is 0. The second-order valence-corrected chi connectivity index (χ2v) is 5.85. The van der Waals surface area contributed by atoms with Gasteiger partial charge in [0.1, 0.15) is 9.53 Å². The molecule has 3 aromatic rings. The Morgan fingerprint density at radius 2 is 2.21 bits per heavy atom. The molecular formula is C13H12ClN3OS. The molecule has 19 heavy (non-hydrogen) atoms. The highest BCUT2D eigenvalue weighted by molar-refractivity contribution is 7.25. The van der Waals surface area contributed by atoms with E-state index in [0.29, 0.717) is 17.1 Å². The first kappa shape index (κ1) is 12.6. The maximum Gasteiger partial charge on any atom is 0.271 e. The van der Waals surface area contributed by atoms with Crippen molar-refractivity contribution >= 4 is 43.4 Å². The predicted molar refractivity (Wildman–Crippen MR) is 79.4 cm³/mol. The lowest BCUT2D eigenvalue weighted by atomic mass is 10.1. The van der Waals surface area contributed by atoms with Gasteiger partial charge in [0.15, 0.2) is 0 Å². The number of halogens is 1. The van der Waals surface area contributed by atoms with E-state index in [2.05, 4.69) is 9.97 Å². The molecule has 0 N–H and O–H groups in total. The SMILES string of the molecule is Cc1cc(C)c2c(n1)sc1c(=O)n(CCCl)cnc12. The predicted octanol–water partition coefficient (Wildman–Crippen LogP) is 2.86. The Morgan fingerprint density at radius 3 is 2.95 bits per heavy atom. The normalized spacial score (nSPS) is 11.5. The van der Waals surface area contributed by atoms with Gasteiger partial charge in [-0.1, -0.05) is 0 Å². The number of aromatic nitrogens is 3. The monoisotopic (exact) mass is 293 g/mol. The van der Waals surface area contributed by atoms with Gasteiger partial charge in [0, 0.05) is 23.5 Å². The van der Waals surface area contributed by atoms with Gasteiger partial charge in [-0.15, -0.1) is 22.9 Å². The molecule has 0 aliphatic carbocycles. The summed E-state index contributed by atoms with van der Waals surface area (Å²) >= 11 is 7.09. The number of fused-ring (bicyclic) bond motifs is 3. The third-order valence-electron chi connectivity index (χ3n) is 3.07. The van der Waals surface area contributed by atoms with Crippen LogP contribution in [0.25, 0.3) is 20.4 Å². The summed E-state index contributed by atoms with van der Waals surface area (Å²) < 4.78 is 2.20. The van der Waals surface area contributed by atoms with Gasteiger partial charge in [-0.3, -0.25) is 9.36 Å². The van der Waals surface area contributed by atoms with Crippen LogP contribution in [-0.4, -0.2) is 20.4 Å². The van der Waals surface area contributed by atoms with Crippen molar-refractivity contribution in [1.29, 1.82) is 0 Å². The molecule has 4 nitrogen and oxygen atoms in total. The minimum Gasteiger partial charge on any atom is -0.297 e. The molecule has 6 heteroatoms. The van der Waals surface area contributed by atoms with Crippen LogP contribution in [0.4, 0.5) is 0 Å². The average molecular weight is 294 g/mol. The van der Waals surface area contributed by atoms with Crippen LogP contribution >= 0.6 is 22.9 Å². The molecule has 3 heterocycles. The molecule has 0 amide bonds. The van der Waals surface area contributed by atoms with Gasteiger partial charge >= 0.3 is 0 Å². The summed E-state index contributed by atoms with van der Waals surface area (Å²) in [6.07, 6.45) is 1.57. The van der Waals surface area contributed by atoms with Crippen molar-refractivity contribution in [1.82, 2.24) is 14.5 Å². The number of nitrogens with zero attached hydrogens (tertiary/aromatic N) is 3. The van der Waals surface area contributed by atoms with E-state index >= 15 is 0 Å². The molecule has 0 aromatic carbocycles. The van der Waals surface area contributed by atoms with Crippen molar-refractivity contribution in [2.45, 2.75) is 20.4 Å². The van der Waals surface area contributed by atoms with Crippen molar-refractivity contribution < 1.29 is 0 Å². The number of thiophene rings is 1. The third-order valence-corrected chi connectivity index (χ3v) is 4.30. The van der Waals surface area contributed by atoms with Crippen molar-refractivity contribution in [2.75, 3.05) is 5.88 Å². The van der Waals surface area contributed by atoms with Gasteiger partial charge in [-0.2, -0.15) is 0 Å². The molecule has 0 spiro atoms. The zero-order valence-electron chi connectivity index (χ0n) is 10.6. The van der Waals surface area contributed by atoms with E-state index in [-0.39, 0.29) is 5.56 Å². The third kappa shape index (κ3) is 1.93. The van der Waals surface area contributed by atoms with E-state index in [1.807, 2.05) is 19.9 Å². The highest BCUT2D eigenvalue weighted by atomic mass is 35.5. The topological polar surface area (TPSA) is 47.8 Å². The molecule has 0 saturated heterocycles. The fraction of sp³-hybridized carbons (Fsp3) is 0.308. The summed E-state index contributed by atoms with van der Waals surface area (Å²) in [5.74, 6) is 0.397. The lowest BCUT2D eigenvalue weighted by Crippen LogP contribution is -2.20. The molecule has 0 aliphatic rings. The van der Waals surface area contributed by atoms with E-state index in [0.717, 1.165) is 27.0 Å². The van der Waals surface area contributed by atoms with Crippen LogP contribution < -0.4 is 5.56 Å². The van der Waals surface area contributed by atoms with Crippen LogP contribution in [0.5, 0.6) is 0 Å². The second kappa shape index (κ2) is 4.58. The standard InChI is InChI=1S/C13H12ClN3OS/c1-7-5-8(2)16-12-9(7)10-11(19-12)13(18)17(4-3-14)6-15-10/h5-6H,3-4H2,1-2H3. The van der Waals surface area contributed by atoms with Gasteiger partial charge in [-0.05, 0) is 25.5 Å². The Hall–Kier alpha value is -1.46. The van der Waals surface area contributed by atoms with Crippen LogP contribution in [0.15, 0.2) is 17.2 Å². The first-order valence-corrected chi connectivity index (χ1v) is 7.29. The van der Waals surface area contributed by atoms with Gasteiger partial charge in [-0.25, -0.2) is 9.97 Å². The molecule has 0 bridgehead atoms. The van der Waals surface area contributed by atoms with Gasteiger partial charge < -0.3 is 0 Å². The fourth-order valence-corrected chi connectivity index (χ4v) is 3.63. The maximum atomic E-state index is 12.3. The molecular weight excluding hydrogens is 282 g/mol. The highest BCUT2D eigenvalue weighted by Gasteiger charge is 2.14. The van der Waals surface area contributed by atoms with Crippen molar-refractivity contribution in [3.05, 3.63) is 34.0 Å². The first-order chi connectivity index (χ1) is 9.11. The minimum absolute atomic E-state index is 0.0364. The van der Waals surface area contributed by atoms with Crippen LogP contribution in [0.1, 0.15) is 11.3 Å². The Balaban J connectivity index is 2.44. The number of pyridine rings is 1. The Kier molecular flexibility index (Phi) is 3.03. The quantitative estimate of drug-likeness (QED) is 0.683. The second-order valence-electron chi connectivity index (χ2n) is 4.47. The van der Waals surface area contributed by atoms with Crippen LogP contribution in [0, 0.1) is 13.8 Å². The van der Waals surface area contributed by atoms with E-state index in [9.17, 15) is 4.79 Å². The van der Waals surface area contributed by atoms with Gasteiger partial charge in [0.2, 0.25) is 0 Å². The molecule has 98 valence electrons. The molecule has 0 saturated carbocycles. The highest BCUT2D eigenvalue weighted by Crippen LogP contribution is 2.31. The summed E-state index contributed by atoms with van der Waals surface area (Å²) in [5, 5.41) is 0.987. The lowest BCUT2D eigenvalue weighted by molar-refractivity contribution is 0.724. The van der Waals surface area contributed by atoms with Crippen LogP contribution in [0.2, 0.25) is 0 Å². The zero-order chi connectivity index (χ0) is 13.6. The molecule has 0 unspecified atom stereocenters. The van der Waals surface area contributed by atoms with E-state index in [4.69, 9.17) is 11.6 Å². The average Bonchev–Trinajstić information content (AvgIpc) is 2.72. The number of rotatable bonds is 2. The summed E-state index contributed by atoms with van der Waals surface area (Å²) in [4.78, 5) is 22.1. The first-order valence-electron chi connectivity index (χ1n) is 5.93. The van der Waals surface area contributed by atoms with E-state index in [1.54, 1.807) is 10.9 Å². The Morgan fingerprint density at radius 1 is 1.42 bits per heavy atom. The number of aryl methyl sites for hydroxylation is 3. The van der Waals surface area contributed by atoms with Crippen molar-refractivity contribution in [2.24, 2.45) is 0 Å².